The molecule has 0 saturated carbocycles. The van der Waals surface area contributed by atoms with Crippen LogP contribution >= 0.6 is 0 Å². The maximum absolute atomic E-state index is 12.1. The van der Waals surface area contributed by atoms with Gasteiger partial charge in [0, 0.05) is 30.0 Å². The molecule has 140 valence electrons. The third-order valence-corrected chi connectivity index (χ3v) is 4.30. The van der Waals surface area contributed by atoms with Crippen molar-refractivity contribution < 1.29 is 19.1 Å². The number of carbonyl (C=O) groups excluding carboxylic acids is 3. The highest BCUT2D eigenvalue weighted by molar-refractivity contribution is 5.97. The summed E-state index contributed by atoms with van der Waals surface area (Å²) in [5.41, 5.74) is 2.68. The number of benzene rings is 2. The molecule has 0 spiro atoms. The Bertz CT molecular complexity index is 831. The van der Waals surface area contributed by atoms with Crippen LogP contribution in [0, 0.1) is 0 Å². The van der Waals surface area contributed by atoms with Crippen molar-refractivity contribution in [2.75, 3.05) is 35.7 Å². The van der Waals surface area contributed by atoms with Crippen LogP contribution in [-0.4, -0.2) is 38.0 Å². The van der Waals surface area contributed by atoms with Gasteiger partial charge < -0.3 is 20.3 Å². The zero-order valence-corrected chi connectivity index (χ0v) is 15.0. The largest absolute Gasteiger partial charge is 0.465 e. The first-order valence-electron chi connectivity index (χ1n) is 8.69. The minimum absolute atomic E-state index is 0.0872. The first-order chi connectivity index (χ1) is 13.1. The molecule has 7 heteroatoms. The Balaban J connectivity index is 1.50. The lowest BCUT2D eigenvalue weighted by Gasteiger charge is -2.16. The molecule has 0 radical (unpaired) electrons. The summed E-state index contributed by atoms with van der Waals surface area (Å²) in [4.78, 5) is 37.0. The Morgan fingerprint density at radius 1 is 1.04 bits per heavy atom. The lowest BCUT2D eigenvalue weighted by molar-refractivity contribution is -0.117. The molecule has 1 aliphatic rings. The van der Waals surface area contributed by atoms with E-state index >= 15 is 0 Å². The highest BCUT2D eigenvalue weighted by Gasteiger charge is 2.21. The summed E-state index contributed by atoms with van der Waals surface area (Å²) in [6.07, 6.45) is 1.47. The predicted octanol–water partition coefficient (Wildman–Crippen LogP) is 2.65. The monoisotopic (exact) mass is 367 g/mol. The van der Waals surface area contributed by atoms with Crippen molar-refractivity contribution in [2.24, 2.45) is 0 Å². The van der Waals surface area contributed by atoms with Crippen LogP contribution in [-0.2, 0) is 14.3 Å². The number of carbonyl (C=O) groups is 3. The van der Waals surface area contributed by atoms with Crippen LogP contribution in [0.5, 0.6) is 0 Å². The van der Waals surface area contributed by atoms with Crippen LogP contribution in [0.2, 0.25) is 0 Å². The molecule has 1 fully saturated rings. The van der Waals surface area contributed by atoms with Gasteiger partial charge in [-0.15, -0.1) is 0 Å². The summed E-state index contributed by atoms with van der Waals surface area (Å²) >= 11 is 0. The van der Waals surface area contributed by atoms with Gasteiger partial charge in [0.15, 0.2) is 0 Å². The topological polar surface area (TPSA) is 87.7 Å². The van der Waals surface area contributed by atoms with E-state index in [1.165, 1.54) is 7.11 Å². The first kappa shape index (κ1) is 18.4. The number of hydrogen-bond donors (Lipinski definition) is 2. The molecule has 0 aromatic heterocycles. The summed E-state index contributed by atoms with van der Waals surface area (Å²) in [6.45, 7) is 0.827. The van der Waals surface area contributed by atoms with Crippen LogP contribution in [0.25, 0.3) is 0 Å². The molecular formula is C20H21N3O4. The quantitative estimate of drug-likeness (QED) is 0.767. The van der Waals surface area contributed by atoms with E-state index in [-0.39, 0.29) is 18.4 Å². The molecule has 1 heterocycles. The summed E-state index contributed by atoms with van der Waals surface area (Å²) in [5, 5.41) is 5.79. The second-order valence-corrected chi connectivity index (χ2v) is 6.17. The minimum atomic E-state index is -0.404. The second-order valence-electron chi connectivity index (χ2n) is 6.17. The van der Waals surface area contributed by atoms with E-state index in [0.29, 0.717) is 17.7 Å². The molecule has 2 amide bonds. The molecule has 1 saturated heterocycles. The van der Waals surface area contributed by atoms with E-state index < -0.39 is 5.97 Å². The van der Waals surface area contributed by atoms with E-state index in [0.717, 1.165) is 24.3 Å². The average Bonchev–Trinajstić information content (AvgIpc) is 3.12. The summed E-state index contributed by atoms with van der Waals surface area (Å²) < 4.78 is 4.64. The van der Waals surface area contributed by atoms with Crippen molar-refractivity contribution >= 4 is 34.8 Å². The van der Waals surface area contributed by atoms with Gasteiger partial charge in [0.05, 0.1) is 19.2 Å². The van der Waals surface area contributed by atoms with Gasteiger partial charge in [0.1, 0.15) is 0 Å². The zero-order chi connectivity index (χ0) is 19.2. The van der Waals surface area contributed by atoms with Gasteiger partial charge in [-0.1, -0.05) is 0 Å². The minimum Gasteiger partial charge on any atom is -0.465 e. The fraction of sp³-hybridized carbons (Fsp3) is 0.250. The van der Waals surface area contributed by atoms with Crippen LogP contribution in [0.1, 0.15) is 23.2 Å². The number of hydrogen-bond acceptors (Lipinski definition) is 5. The number of methoxy groups -OCH3 is 1. The average molecular weight is 367 g/mol. The highest BCUT2D eigenvalue weighted by atomic mass is 16.5. The summed E-state index contributed by atoms with van der Waals surface area (Å²) in [6, 6.07) is 13.9. The van der Waals surface area contributed by atoms with Gasteiger partial charge in [0.2, 0.25) is 11.8 Å². The van der Waals surface area contributed by atoms with Crippen molar-refractivity contribution in [3.8, 4) is 0 Å². The Labute approximate surface area is 157 Å². The van der Waals surface area contributed by atoms with Gasteiger partial charge in [-0.05, 0) is 55.0 Å². The number of rotatable bonds is 6. The molecule has 1 aliphatic heterocycles. The number of esters is 1. The van der Waals surface area contributed by atoms with Crippen LogP contribution < -0.4 is 15.5 Å². The molecular weight excluding hydrogens is 346 g/mol. The maximum Gasteiger partial charge on any atom is 0.337 e. The molecule has 2 aromatic carbocycles. The number of amides is 2. The molecule has 0 bridgehead atoms. The zero-order valence-electron chi connectivity index (χ0n) is 15.0. The molecule has 27 heavy (non-hydrogen) atoms. The van der Waals surface area contributed by atoms with Gasteiger partial charge in [0.25, 0.3) is 0 Å². The van der Waals surface area contributed by atoms with Gasteiger partial charge in [-0.3, -0.25) is 9.59 Å². The highest BCUT2D eigenvalue weighted by Crippen LogP contribution is 2.23. The molecule has 0 aliphatic carbocycles. The van der Waals surface area contributed by atoms with E-state index in [4.69, 9.17) is 0 Å². The summed E-state index contributed by atoms with van der Waals surface area (Å²) in [5.74, 6) is -0.468. The van der Waals surface area contributed by atoms with Gasteiger partial charge >= 0.3 is 5.97 Å². The molecule has 2 aromatic rings. The number of nitrogens with one attached hydrogen (secondary N) is 2. The molecule has 2 N–H and O–H groups in total. The van der Waals surface area contributed by atoms with Gasteiger partial charge in [-0.2, -0.15) is 0 Å². The Morgan fingerprint density at radius 3 is 2.30 bits per heavy atom. The lowest BCUT2D eigenvalue weighted by Crippen LogP contribution is -2.24. The molecule has 7 nitrogen and oxygen atoms in total. The first-order valence-corrected chi connectivity index (χ1v) is 8.69. The van der Waals surface area contributed by atoms with E-state index in [1.807, 2.05) is 12.1 Å². The number of ether oxygens (including phenoxy) is 1. The number of anilines is 3. The number of nitrogens with zero attached hydrogens (tertiary/aromatic N) is 1. The summed E-state index contributed by atoms with van der Waals surface area (Å²) in [7, 11) is 1.33. The van der Waals surface area contributed by atoms with Crippen molar-refractivity contribution in [1.29, 1.82) is 0 Å². The van der Waals surface area contributed by atoms with Crippen molar-refractivity contribution in [2.45, 2.75) is 12.8 Å². The van der Waals surface area contributed by atoms with E-state index in [2.05, 4.69) is 15.4 Å². The maximum atomic E-state index is 12.1. The fourth-order valence-electron chi connectivity index (χ4n) is 2.88. The van der Waals surface area contributed by atoms with Crippen LogP contribution in [0.3, 0.4) is 0 Å². The van der Waals surface area contributed by atoms with Crippen LogP contribution in [0.15, 0.2) is 48.5 Å². The Kier molecular flexibility index (Phi) is 5.71. The van der Waals surface area contributed by atoms with Crippen molar-refractivity contribution in [1.82, 2.24) is 0 Å². The van der Waals surface area contributed by atoms with Crippen molar-refractivity contribution in [3.05, 3.63) is 54.1 Å². The van der Waals surface area contributed by atoms with Gasteiger partial charge in [-0.25, -0.2) is 4.79 Å². The Morgan fingerprint density at radius 2 is 1.70 bits per heavy atom. The standard InChI is InChI=1S/C20H21N3O4/c1-27-20(26)14-4-6-15(7-5-14)21-13-18(24)22-16-8-10-17(11-9-16)23-12-2-3-19(23)25/h4-11,21H,2-3,12-13H2,1H3,(H,22,24). The third kappa shape index (κ3) is 4.63. The Hall–Kier alpha value is -3.35. The predicted molar refractivity (Wildman–Crippen MR) is 103 cm³/mol. The van der Waals surface area contributed by atoms with E-state index in [1.54, 1.807) is 41.3 Å². The molecule has 0 atom stereocenters. The molecule has 3 rings (SSSR count). The van der Waals surface area contributed by atoms with E-state index in [9.17, 15) is 14.4 Å². The third-order valence-electron chi connectivity index (χ3n) is 4.30. The second kappa shape index (κ2) is 8.35. The normalized spacial score (nSPS) is 13.4. The van der Waals surface area contributed by atoms with Crippen molar-refractivity contribution in [3.63, 3.8) is 0 Å². The van der Waals surface area contributed by atoms with Crippen LogP contribution in [0.4, 0.5) is 17.1 Å². The smallest absolute Gasteiger partial charge is 0.337 e. The molecule has 0 unspecified atom stereocenters. The SMILES string of the molecule is COC(=O)c1ccc(NCC(=O)Nc2ccc(N3CCCC3=O)cc2)cc1. The lowest BCUT2D eigenvalue weighted by atomic mass is 10.2. The fourth-order valence-corrected chi connectivity index (χ4v) is 2.88.